The lowest BCUT2D eigenvalue weighted by Gasteiger charge is -2.09. The molecule has 2 rings (SSSR count). The lowest BCUT2D eigenvalue weighted by molar-refractivity contribution is -0.116. The van der Waals surface area contributed by atoms with E-state index < -0.39 is 10.0 Å². The first kappa shape index (κ1) is 19.1. The Balaban J connectivity index is 1.68. The van der Waals surface area contributed by atoms with Crippen molar-refractivity contribution in [1.29, 1.82) is 0 Å². The van der Waals surface area contributed by atoms with Crippen molar-refractivity contribution >= 4 is 21.6 Å². The van der Waals surface area contributed by atoms with E-state index in [9.17, 15) is 13.2 Å². The fourth-order valence-electron chi connectivity index (χ4n) is 2.33. The van der Waals surface area contributed by atoms with Crippen molar-refractivity contribution in [1.82, 2.24) is 5.32 Å². The molecule has 134 valence electrons. The summed E-state index contributed by atoms with van der Waals surface area (Å²) in [4.78, 5) is 12.0. The average molecular weight is 361 g/mol. The average Bonchev–Trinajstić information content (AvgIpc) is 2.56. The number of hydrogen-bond donors (Lipinski definition) is 3. The quantitative estimate of drug-likeness (QED) is 0.624. The maximum absolute atomic E-state index is 11.9. The minimum atomic E-state index is -3.65. The fraction of sp³-hybridized carbons (Fsp3) is 0.278. The number of para-hydroxylation sites is 1. The monoisotopic (exact) mass is 361 g/mol. The van der Waals surface area contributed by atoms with Gasteiger partial charge in [0, 0.05) is 18.7 Å². The summed E-state index contributed by atoms with van der Waals surface area (Å²) in [5.41, 5.74) is 2.87. The minimum absolute atomic E-state index is 0.0284. The summed E-state index contributed by atoms with van der Waals surface area (Å²) in [5, 5.41) is 11.2. The maximum atomic E-state index is 11.9. The number of carbonyl (C=O) groups is 1. The van der Waals surface area contributed by atoms with Gasteiger partial charge in [-0.2, -0.15) is 0 Å². The molecule has 0 atom stereocenters. The number of aryl methyl sites for hydroxylation is 1. The number of primary sulfonamides is 1. The van der Waals surface area contributed by atoms with Gasteiger partial charge in [-0.15, -0.1) is 0 Å². The molecule has 0 aromatic heterocycles. The molecule has 0 bridgehead atoms. The molecule has 0 aliphatic carbocycles. The van der Waals surface area contributed by atoms with Gasteiger partial charge in [-0.1, -0.05) is 30.3 Å². The second kappa shape index (κ2) is 8.75. The van der Waals surface area contributed by atoms with Crippen molar-refractivity contribution in [2.75, 3.05) is 18.4 Å². The van der Waals surface area contributed by atoms with Gasteiger partial charge >= 0.3 is 0 Å². The van der Waals surface area contributed by atoms with Crippen LogP contribution >= 0.6 is 0 Å². The van der Waals surface area contributed by atoms with Crippen LogP contribution < -0.4 is 15.8 Å². The molecule has 6 nitrogen and oxygen atoms in total. The summed E-state index contributed by atoms with van der Waals surface area (Å²) in [5.74, 6) is -0.0284. The molecule has 0 heterocycles. The van der Waals surface area contributed by atoms with Crippen LogP contribution in [0.2, 0.25) is 0 Å². The van der Waals surface area contributed by atoms with Gasteiger partial charge in [0.05, 0.1) is 4.90 Å². The van der Waals surface area contributed by atoms with Crippen LogP contribution in [0.4, 0.5) is 5.69 Å². The summed E-state index contributed by atoms with van der Waals surface area (Å²) in [6, 6.07) is 14.1. The summed E-state index contributed by atoms with van der Waals surface area (Å²) in [6.07, 6.45) is 1.13. The lowest BCUT2D eigenvalue weighted by atomic mass is 10.1. The van der Waals surface area contributed by atoms with Gasteiger partial charge in [0.1, 0.15) is 0 Å². The number of sulfonamides is 1. The molecule has 7 heteroatoms. The smallest absolute Gasteiger partial charge is 0.238 e. The van der Waals surface area contributed by atoms with E-state index >= 15 is 0 Å². The third-order valence-electron chi connectivity index (χ3n) is 3.79. The van der Waals surface area contributed by atoms with Gasteiger partial charge in [-0.05, 0) is 49.2 Å². The van der Waals surface area contributed by atoms with Gasteiger partial charge in [-0.25, -0.2) is 13.6 Å². The second-order valence-corrected chi connectivity index (χ2v) is 7.36. The molecule has 0 spiro atoms. The molecule has 0 radical (unpaired) electrons. The molecule has 2 aromatic rings. The molecule has 4 N–H and O–H groups in total. The van der Waals surface area contributed by atoms with E-state index in [2.05, 4.69) is 10.6 Å². The van der Waals surface area contributed by atoms with Crippen LogP contribution in [0, 0.1) is 6.92 Å². The molecule has 0 aliphatic heterocycles. The summed E-state index contributed by atoms with van der Waals surface area (Å²) < 4.78 is 22.4. The van der Waals surface area contributed by atoms with E-state index in [1.54, 1.807) is 12.1 Å². The highest BCUT2D eigenvalue weighted by atomic mass is 32.2. The van der Waals surface area contributed by atoms with Crippen molar-refractivity contribution in [2.24, 2.45) is 5.14 Å². The molecular formula is C18H23N3O3S. The number of hydrogen-bond acceptors (Lipinski definition) is 4. The standard InChI is InChI=1S/C18H23N3O3S/c1-14-4-2-3-5-17(14)21-18(22)11-13-20-12-10-15-6-8-16(9-7-15)25(19,23)24/h2-9,20H,10-13H2,1H3,(H,21,22)(H2,19,23,24). The highest BCUT2D eigenvalue weighted by molar-refractivity contribution is 7.89. The van der Waals surface area contributed by atoms with Crippen molar-refractivity contribution in [3.8, 4) is 0 Å². The van der Waals surface area contributed by atoms with E-state index in [1.807, 2.05) is 31.2 Å². The van der Waals surface area contributed by atoms with E-state index in [4.69, 9.17) is 5.14 Å². The van der Waals surface area contributed by atoms with E-state index in [-0.39, 0.29) is 10.8 Å². The third-order valence-corrected chi connectivity index (χ3v) is 4.72. The number of rotatable bonds is 8. The Morgan fingerprint density at radius 1 is 1.04 bits per heavy atom. The summed E-state index contributed by atoms with van der Waals surface area (Å²) in [7, 11) is -3.65. The first-order chi connectivity index (χ1) is 11.9. The molecule has 1 amide bonds. The number of carbonyl (C=O) groups excluding carboxylic acids is 1. The molecule has 2 aromatic carbocycles. The lowest BCUT2D eigenvalue weighted by Crippen LogP contribution is -2.23. The highest BCUT2D eigenvalue weighted by Gasteiger charge is 2.07. The van der Waals surface area contributed by atoms with Crippen LogP contribution in [-0.4, -0.2) is 27.4 Å². The molecule has 0 saturated heterocycles. The van der Waals surface area contributed by atoms with Gasteiger partial charge in [0.25, 0.3) is 0 Å². The summed E-state index contributed by atoms with van der Waals surface area (Å²) in [6.45, 7) is 3.23. The van der Waals surface area contributed by atoms with Crippen molar-refractivity contribution in [3.05, 3.63) is 59.7 Å². The number of amides is 1. The zero-order valence-electron chi connectivity index (χ0n) is 14.2. The van der Waals surface area contributed by atoms with Gasteiger partial charge < -0.3 is 10.6 Å². The second-order valence-electron chi connectivity index (χ2n) is 5.80. The first-order valence-corrected chi connectivity index (χ1v) is 9.59. The fourth-order valence-corrected chi connectivity index (χ4v) is 2.85. The maximum Gasteiger partial charge on any atom is 0.238 e. The van der Waals surface area contributed by atoms with Crippen LogP contribution in [0.15, 0.2) is 53.4 Å². The predicted molar refractivity (Wildman–Crippen MR) is 98.8 cm³/mol. The Morgan fingerprint density at radius 3 is 2.36 bits per heavy atom. The van der Waals surface area contributed by atoms with Crippen molar-refractivity contribution < 1.29 is 13.2 Å². The predicted octanol–water partition coefficient (Wildman–Crippen LogP) is 1.80. The molecular weight excluding hydrogens is 338 g/mol. The zero-order valence-corrected chi connectivity index (χ0v) is 15.0. The summed E-state index contributed by atoms with van der Waals surface area (Å²) >= 11 is 0. The minimum Gasteiger partial charge on any atom is -0.326 e. The normalized spacial score (nSPS) is 11.3. The number of nitrogens with two attached hydrogens (primary N) is 1. The number of anilines is 1. The van der Waals surface area contributed by atoms with Crippen molar-refractivity contribution in [3.63, 3.8) is 0 Å². The van der Waals surface area contributed by atoms with Gasteiger partial charge in [0.2, 0.25) is 15.9 Å². The van der Waals surface area contributed by atoms with Crippen LogP contribution in [0.1, 0.15) is 17.5 Å². The first-order valence-electron chi connectivity index (χ1n) is 8.04. The largest absolute Gasteiger partial charge is 0.326 e. The number of nitrogens with one attached hydrogen (secondary N) is 2. The zero-order chi connectivity index (χ0) is 18.3. The van der Waals surface area contributed by atoms with Crippen LogP contribution in [0.3, 0.4) is 0 Å². The molecule has 0 unspecified atom stereocenters. The molecule has 0 fully saturated rings. The molecule has 0 aliphatic rings. The van der Waals surface area contributed by atoms with Crippen LogP contribution in [0.25, 0.3) is 0 Å². The van der Waals surface area contributed by atoms with Gasteiger partial charge in [-0.3, -0.25) is 4.79 Å². The molecule has 0 saturated carbocycles. The number of benzene rings is 2. The Labute approximate surface area is 148 Å². The SMILES string of the molecule is Cc1ccccc1NC(=O)CCNCCc1ccc(S(N)(=O)=O)cc1. The Morgan fingerprint density at radius 2 is 1.72 bits per heavy atom. The van der Waals surface area contributed by atoms with Crippen molar-refractivity contribution in [2.45, 2.75) is 24.7 Å². The van der Waals surface area contributed by atoms with E-state index in [0.717, 1.165) is 23.2 Å². The Bertz CT molecular complexity index is 818. The highest BCUT2D eigenvalue weighted by Crippen LogP contribution is 2.13. The van der Waals surface area contributed by atoms with Crippen LogP contribution in [-0.2, 0) is 21.2 Å². The van der Waals surface area contributed by atoms with Crippen LogP contribution in [0.5, 0.6) is 0 Å². The topological polar surface area (TPSA) is 101 Å². The Hall–Kier alpha value is -2.22. The Kier molecular flexibility index (Phi) is 6.69. The van der Waals surface area contributed by atoms with E-state index in [0.29, 0.717) is 19.5 Å². The van der Waals surface area contributed by atoms with Gasteiger partial charge in [0.15, 0.2) is 0 Å². The molecule has 25 heavy (non-hydrogen) atoms. The third kappa shape index (κ3) is 6.30. The van der Waals surface area contributed by atoms with E-state index in [1.165, 1.54) is 12.1 Å².